The Hall–Kier alpha value is -4.34. The summed E-state index contributed by atoms with van der Waals surface area (Å²) in [6.07, 6.45) is 4.35. The fraction of sp³-hybridized carbons (Fsp3) is 0.308. The number of furan rings is 1. The highest BCUT2D eigenvalue weighted by molar-refractivity contribution is 6.04. The van der Waals surface area contributed by atoms with Gasteiger partial charge in [0.1, 0.15) is 5.76 Å². The van der Waals surface area contributed by atoms with Gasteiger partial charge in [-0.15, -0.1) is 0 Å². The van der Waals surface area contributed by atoms with Crippen molar-refractivity contribution in [1.82, 2.24) is 5.32 Å². The second-order valence-corrected chi connectivity index (χ2v) is 8.23. The fourth-order valence-corrected chi connectivity index (χ4v) is 3.59. The number of nitro benzene ring substituents is 1. The van der Waals surface area contributed by atoms with Crippen LogP contribution >= 0.6 is 0 Å². The maximum atomic E-state index is 13.1. The van der Waals surface area contributed by atoms with E-state index >= 15 is 0 Å². The van der Waals surface area contributed by atoms with Gasteiger partial charge in [-0.25, -0.2) is 4.79 Å². The van der Waals surface area contributed by atoms with Gasteiger partial charge in [-0.3, -0.25) is 14.9 Å². The number of carbonyl (C=O) groups excluding carboxylic acids is 2. The van der Waals surface area contributed by atoms with Crippen molar-refractivity contribution in [2.45, 2.75) is 39.7 Å². The summed E-state index contributed by atoms with van der Waals surface area (Å²) in [6, 6.07) is 13.9. The van der Waals surface area contributed by atoms with E-state index in [1.54, 1.807) is 18.4 Å². The molecular formula is C26H31N5O5. The first-order valence-electron chi connectivity index (χ1n) is 11.9. The molecule has 0 aliphatic carbocycles. The second-order valence-electron chi connectivity index (χ2n) is 8.23. The third-order valence-electron chi connectivity index (χ3n) is 5.42. The molecule has 3 aromatic rings. The summed E-state index contributed by atoms with van der Waals surface area (Å²) in [5.74, 6) is 0.558. The van der Waals surface area contributed by atoms with Crippen LogP contribution in [0.15, 0.2) is 65.3 Å². The van der Waals surface area contributed by atoms with E-state index in [9.17, 15) is 19.7 Å². The molecular weight excluding hydrogens is 462 g/mol. The summed E-state index contributed by atoms with van der Waals surface area (Å²) in [7, 11) is 0. The molecule has 0 bridgehead atoms. The van der Waals surface area contributed by atoms with E-state index in [2.05, 4.69) is 27.8 Å². The average molecular weight is 494 g/mol. The molecule has 1 heterocycles. The minimum atomic E-state index is -0.532. The third kappa shape index (κ3) is 7.33. The van der Waals surface area contributed by atoms with E-state index in [1.165, 1.54) is 24.3 Å². The molecule has 0 spiro atoms. The highest BCUT2D eigenvalue weighted by atomic mass is 16.6. The number of nitro groups is 1. The van der Waals surface area contributed by atoms with Crippen LogP contribution in [0.2, 0.25) is 0 Å². The summed E-state index contributed by atoms with van der Waals surface area (Å²) in [6.45, 7) is 5.86. The minimum Gasteiger partial charge on any atom is -0.467 e. The molecule has 10 nitrogen and oxygen atoms in total. The van der Waals surface area contributed by atoms with Gasteiger partial charge in [0.2, 0.25) is 0 Å². The Kier molecular flexibility index (Phi) is 9.44. The number of nitrogens with zero attached hydrogens (tertiary/aromatic N) is 2. The van der Waals surface area contributed by atoms with Gasteiger partial charge in [0.05, 0.1) is 29.0 Å². The number of benzene rings is 2. The monoisotopic (exact) mass is 493 g/mol. The second kappa shape index (κ2) is 12.9. The van der Waals surface area contributed by atoms with Gasteiger partial charge >= 0.3 is 6.03 Å². The lowest BCUT2D eigenvalue weighted by Gasteiger charge is -2.26. The molecule has 0 unspecified atom stereocenters. The molecule has 3 amide bonds. The zero-order valence-electron chi connectivity index (χ0n) is 20.5. The average Bonchev–Trinajstić information content (AvgIpc) is 3.38. The molecule has 190 valence electrons. The highest BCUT2D eigenvalue weighted by Gasteiger charge is 2.19. The van der Waals surface area contributed by atoms with Crippen molar-refractivity contribution in [3.05, 3.63) is 82.3 Å². The first-order chi connectivity index (χ1) is 17.4. The van der Waals surface area contributed by atoms with Crippen LogP contribution in [0.5, 0.6) is 0 Å². The molecule has 0 atom stereocenters. The van der Waals surface area contributed by atoms with Gasteiger partial charge in [0.25, 0.3) is 11.6 Å². The number of non-ortho nitro benzene ring substituents is 1. The van der Waals surface area contributed by atoms with E-state index in [1.807, 2.05) is 25.1 Å². The topological polar surface area (TPSA) is 130 Å². The Balaban J connectivity index is 1.83. The van der Waals surface area contributed by atoms with Crippen LogP contribution < -0.4 is 20.9 Å². The number of carbonyl (C=O) groups is 2. The molecule has 0 fully saturated rings. The van der Waals surface area contributed by atoms with Crippen molar-refractivity contribution in [3.63, 3.8) is 0 Å². The minimum absolute atomic E-state index is 0.0681. The molecule has 10 heteroatoms. The van der Waals surface area contributed by atoms with Gasteiger partial charge < -0.3 is 25.3 Å². The standard InChI is InChI=1S/C26H31N5O5/c1-3-5-15-30(18-22-7-6-16-36-22)24-13-10-20(17-23(24)25(32)27-14-4-2)29-26(33)28-19-8-11-21(12-9-19)31(34)35/h6-13,16-17H,3-5,14-15,18H2,1-2H3,(H,27,32)(H2,28,29,33). The molecule has 0 radical (unpaired) electrons. The van der Waals surface area contributed by atoms with E-state index < -0.39 is 11.0 Å². The van der Waals surface area contributed by atoms with Crippen LogP contribution in [0.4, 0.5) is 27.5 Å². The van der Waals surface area contributed by atoms with E-state index in [0.717, 1.165) is 37.3 Å². The lowest BCUT2D eigenvalue weighted by atomic mass is 10.1. The molecule has 3 N–H and O–H groups in total. The van der Waals surface area contributed by atoms with Crippen LogP contribution in [0.1, 0.15) is 49.2 Å². The molecule has 2 aromatic carbocycles. The Morgan fingerprint density at radius 3 is 2.36 bits per heavy atom. The summed E-state index contributed by atoms with van der Waals surface area (Å²) in [5, 5.41) is 19.1. The first kappa shape index (κ1) is 26.3. The van der Waals surface area contributed by atoms with Gasteiger partial charge in [-0.2, -0.15) is 0 Å². The van der Waals surface area contributed by atoms with Crippen LogP contribution in [-0.4, -0.2) is 30.0 Å². The van der Waals surface area contributed by atoms with Crippen molar-refractivity contribution < 1.29 is 18.9 Å². The SMILES string of the molecule is CCCCN(Cc1ccco1)c1ccc(NC(=O)Nc2ccc([N+](=O)[O-])cc2)cc1C(=O)NCCC. The molecule has 0 aliphatic rings. The number of hydrogen-bond donors (Lipinski definition) is 3. The van der Waals surface area contributed by atoms with Crippen molar-refractivity contribution in [3.8, 4) is 0 Å². The van der Waals surface area contributed by atoms with Gasteiger partial charge in [0.15, 0.2) is 0 Å². The molecule has 3 rings (SSSR count). The molecule has 1 aromatic heterocycles. The summed E-state index contributed by atoms with van der Waals surface area (Å²) >= 11 is 0. The number of rotatable bonds is 12. The Bertz CT molecular complexity index is 1160. The van der Waals surface area contributed by atoms with E-state index in [4.69, 9.17) is 4.42 Å². The van der Waals surface area contributed by atoms with Gasteiger partial charge in [0, 0.05) is 36.6 Å². The Morgan fingerprint density at radius 1 is 1.00 bits per heavy atom. The maximum absolute atomic E-state index is 13.1. The predicted octanol–water partition coefficient (Wildman–Crippen LogP) is 5.78. The number of hydrogen-bond acceptors (Lipinski definition) is 6. The van der Waals surface area contributed by atoms with Crippen molar-refractivity contribution >= 4 is 34.7 Å². The third-order valence-corrected chi connectivity index (χ3v) is 5.42. The van der Waals surface area contributed by atoms with Crippen molar-refractivity contribution in [2.75, 3.05) is 28.6 Å². The smallest absolute Gasteiger partial charge is 0.323 e. The van der Waals surface area contributed by atoms with Crippen LogP contribution in [0, 0.1) is 10.1 Å². The highest BCUT2D eigenvalue weighted by Crippen LogP contribution is 2.27. The summed E-state index contributed by atoms with van der Waals surface area (Å²) in [5.41, 5.74) is 1.96. The van der Waals surface area contributed by atoms with Crippen molar-refractivity contribution in [1.29, 1.82) is 0 Å². The lowest BCUT2D eigenvalue weighted by Crippen LogP contribution is -2.30. The Morgan fingerprint density at radius 2 is 1.72 bits per heavy atom. The molecule has 0 saturated heterocycles. The van der Waals surface area contributed by atoms with Gasteiger partial charge in [-0.05, 0) is 55.3 Å². The zero-order valence-corrected chi connectivity index (χ0v) is 20.5. The largest absolute Gasteiger partial charge is 0.467 e. The van der Waals surface area contributed by atoms with Crippen LogP contribution in [0.3, 0.4) is 0 Å². The number of urea groups is 1. The molecule has 0 aliphatic heterocycles. The number of unbranched alkanes of at least 4 members (excludes halogenated alkanes) is 1. The first-order valence-corrected chi connectivity index (χ1v) is 11.9. The van der Waals surface area contributed by atoms with Crippen molar-refractivity contribution in [2.24, 2.45) is 0 Å². The van der Waals surface area contributed by atoms with Crippen LogP contribution in [0.25, 0.3) is 0 Å². The zero-order chi connectivity index (χ0) is 25.9. The quantitative estimate of drug-likeness (QED) is 0.217. The van der Waals surface area contributed by atoms with E-state index in [0.29, 0.717) is 30.0 Å². The predicted molar refractivity (Wildman–Crippen MR) is 139 cm³/mol. The fourth-order valence-electron chi connectivity index (χ4n) is 3.59. The van der Waals surface area contributed by atoms with E-state index in [-0.39, 0.29) is 11.6 Å². The summed E-state index contributed by atoms with van der Waals surface area (Å²) < 4.78 is 5.54. The summed E-state index contributed by atoms with van der Waals surface area (Å²) in [4.78, 5) is 38.0. The maximum Gasteiger partial charge on any atom is 0.323 e. The normalized spacial score (nSPS) is 10.5. The number of anilines is 3. The molecule has 0 saturated carbocycles. The van der Waals surface area contributed by atoms with Gasteiger partial charge in [-0.1, -0.05) is 20.3 Å². The van der Waals surface area contributed by atoms with Crippen LogP contribution in [-0.2, 0) is 6.54 Å². The Labute approximate surface area is 209 Å². The number of amides is 3. The molecule has 36 heavy (non-hydrogen) atoms. The number of nitrogens with one attached hydrogen (secondary N) is 3. The lowest BCUT2D eigenvalue weighted by molar-refractivity contribution is -0.384.